The molecule has 0 fully saturated rings. The van der Waals surface area contributed by atoms with Crippen molar-refractivity contribution in [3.8, 4) is 11.4 Å². The summed E-state index contributed by atoms with van der Waals surface area (Å²) in [5, 5.41) is 10.4. The fourth-order valence-corrected chi connectivity index (χ4v) is 4.24. The number of aromatic nitrogens is 5. The first-order valence-corrected chi connectivity index (χ1v) is 10.5. The minimum Gasteiger partial charge on any atom is -0.506 e. The van der Waals surface area contributed by atoms with Crippen molar-refractivity contribution in [2.75, 3.05) is 0 Å². The van der Waals surface area contributed by atoms with E-state index in [9.17, 15) is 14.7 Å². The highest BCUT2D eigenvalue weighted by molar-refractivity contribution is 5.76. The van der Waals surface area contributed by atoms with Gasteiger partial charge in [-0.15, -0.1) is 0 Å². The number of para-hydroxylation sites is 2. The van der Waals surface area contributed by atoms with Gasteiger partial charge in [0.15, 0.2) is 11.2 Å². The third kappa shape index (κ3) is 3.03. The third-order valence-electron chi connectivity index (χ3n) is 5.84. The molecule has 0 bridgehead atoms. The van der Waals surface area contributed by atoms with E-state index < -0.39 is 0 Å². The first-order valence-electron chi connectivity index (χ1n) is 10.5. The van der Waals surface area contributed by atoms with Gasteiger partial charge in [-0.3, -0.25) is 22.9 Å². The van der Waals surface area contributed by atoms with Crippen LogP contribution in [0.4, 0.5) is 0 Å². The molecule has 32 heavy (non-hydrogen) atoms. The van der Waals surface area contributed by atoms with Crippen LogP contribution in [0.25, 0.3) is 22.6 Å². The Bertz CT molecular complexity index is 1570. The van der Waals surface area contributed by atoms with Gasteiger partial charge in [0.25, 0.3) is 5.56 Å². The third-order valence-corrected chi connectivity index (χ3v) is 5.84. The zero-order valence-corrected chi connectivity index (χ0v) is 17.9. The Labute approximate surface area is 183 Å². The van der Waals surface area contributed by atoms with Crippen molar-refractivity contribution < 1.29 is 5.11 Å². The van der Waals surface area contributed by atoms with E-state index in [1.165, 1.54) is 14.7 Å². The van der Waals surface area contributed by atoms with E-state index in [0.717, 1.165) is 12.1 Å². The summed E-state index contributed by atoms with van der Waals surface area (Å²) in [6.45, 7) is 2.20. The largest absolute Gasteiger partial charge is 0.506 e. The summed E-state index contributed by atoms with van der Waals surface area (Å²) in [7, 11) is 1.63. The molecule has 0 atom stereocenters. The minimum absolute atomic E-state index is 0.105. The van der Waals surface area contributed by atoms with Gasteiger partial charge in [-0.25, -0.2) is 4.79 Å². The fraction of sp³-hybridized carbons (Fsp3) is 0.208. The van der Waals surface area contributed by atoms with E-state index >= 15 is 0 Å². The van der Waals surface area contributed by atoms with E-state index in [-0.39, 0.29) is 17.0 Å². The molecule has 0 aliphatic rings. The highest BCUT2D eigenvalue weighted by Gasteiger charge is 2.21. The highest BCUT2D eigenvalue weighted by Crippen LogP contribution is 2.26. The van der Waals surface area contributed by atoms with Crippen molar-refractivity contribution in [2.24, 2.45) is 7.05 Å². The molecule has 0 unspecified atom stereocenters. The van der Waals surface area contributed by atoms with Crippen LogP contribution in [0.1, 0.15) is 17.7 Å². The molecule has 8 heteroatoms. The zero-order valence-electron chi connectivity index (χ0n) is 17.9. The Kier molecular flexibility index (Phi) is 4.70. The lowest BCUT2D eigenvalue weighted by Gasteiger charge is -2.08. The summed E-state index contributed by atoms with van der Waals surface area (Å²) in [4.78, 5) is 30.9. The Hall–Kier alpha value is -4.07. The zero-order chi connectivity index (χ0) is 22.4. The fourth-order valence-electron chi connectivity index (χ4n) is 4.24. The van der Waals surface area contributed by atoms with Crippen LogP contribution in [0.3, 0.4) is 0 Å². The standard InChI is InChI=1S/C24H23N5O3/c1-16-15-28-20-21(25-23(28)29(16)18-12-6-7-13-19(18)30)26(2)24(32)27(22(20)31)14-8-11-17-9-4-3-5-10-17/h3-7,9-10,12-13,15,30H,8,11,14H2,1-2H3. The van der Waals surface area contributed by atoms with E-state index in [2.05, 4.69) is 4.98 Å². The van der Waals surface area contributed by atoms with Crippen LogP contribution < -0.4 is 11.2 Å². The molecule has 5 rings (SSSR count). The number of imidazole rings is 2. The van der Waals surface area contributed by atoms with E-state index in [4.69, 9.17) is 0 Å². The van der Waals surface area contributed by atoms with E-state index in [1.807, 2.05) is 43.3 Å². The number of phenolic OH excluding ortho intramolecular Hbond substituents is 1. The van der Waals surface area contributed by atoms with Crippen LogP contribution in [0.15, 0.2) is 70.4 Å². The molecule has 3 aromatic heterocycles. The Morgan fingerprint density at radius 1 is 1.00 bits per heavy atom. The first-order chi connectivity index (χ1) is 15.5. The molecule has 0 saturated carbocycles. The molecule has 0 aliphatic heterocycles. The number of rotatable bonds is 5. The molecule has 8 nitrogen and oxygen atoms in total. The van der Waals surface area contributed by atoms with Crippen molar-refractivity contribution >= 4 is 16.9 Å². The van der Waals surface area contributed by atoms with Crippen molar-refractivity contribution in [1.29, 1.82) is 0 Å². The summed E-state index contributed by atoms with van der Waals surface area (Å²) >= 11 is 0. The average Bonchev–Trinajstić information content (AvgIpc) is 3.30. The van der Waals surface area contributed by atoms with Gasteiger partial charge >= 0.3 is 5.69 Å². The van der Waals surface area contributed by atoms with E-state index in [1.54, 1.807) is 40.4 Å². The maximum absolute atomic E-state index is 13.4. The highest BCUT2D eigenvalue weighted by atomic mass is 16.3. The topological polar surface area (TPSA) is 86.5 Å². The van der Waals surface area contributed by atoms with Gasteiger partial charge in [0, 0.05) is 25.5 Å². The molecule has 2 aromatic carbocycles. The number of hydrogen-bond acceptors (Lipinski definition) is 4. The predicted octanol–water partition coefficient (Wildman–Crippen LogP) is 2.79. The van der Waals surface area contributed by atoms with Crippen LogP contribution in [0, 0.1) is 6.92 Å². The van der Waals surface area contributed by atoms with Gasteiger partial charge < -0.3 is 5.11 Å². The molecule has 0 radical (unpaired) electrons. The molecule has 5 aromatic rings. The molecule has 0 saturated heterocycles. The Balaban J connectivity index is 1.65. The molecule has 0 amide bonds. The van der Waals surface area contributed by atoms with Gasteiger partial charge in [-0.1, -0.05) is 42.5 Å². The van der Waals surface area contributed by atoms with Crippen molar-refractivity contribution in [1.82, 2.24) is 23.1 Å². The molecule has 0 aliphatic carbocycles. The first kappa shape index (κ1) is 19.9. The lowest BCUT2D eigenvalue weighted by molar-refractivity contribution is 0.472. The number of nitrogens with zero attached hydrogens (tertiary/aromatic N) is 5. The van der Waals surface area contributed by atoms with Gasteiger partial charge in [0.05, 0.1) is 5.69 Å². The van der Waals surface area contributed by atoms with Crippen LogP contribution >= 0.6 is 0 Å². The molecule has 3 heterocycles. The van der Waals surface area contributed by atoms with Crippen LogP contribution in [0.2, 0.25) is 0 Å². The second kappa shape index (κ2) is 7.56. The van der Waals surface area contributed by atoms with Crippen molar-refractivity contribution in [3.05, 3.63) is 92.9 Å². The van der Waals surface area contributed by atoms with E-state index in [0.29, 0.717) is 35.6 Å². The SMILES string of the molecule is Cc1cn2c3c(=O)n(CCCc4ccccc4)c(=O)n(C)c3nc2n1-c1ccccc1O. The van der Waals surface area contributed by atoms with Gasteiger partial charge in [-0.2, -0.15) is 4.98 Å². The smallest absolute Gasteiger partial charge is 0.332 e. The van der Waals surface area contributed by atoms with Crippen molar-refractivity contribution in [3.63, 3.8) is 0 Å². The summed E-state index contributed by atoms with van der Waals surface area (Å²) in [5.41, 5.74) is 2.45. The monoisotopic (exact) mass is 429 g/mol. The Morgan fingerprint density at radius 2 is 1.72 bits per heavy atom. The molecule has 1 N–H and O–H groups in total. The second-order valence-corrected chi connectivity index (χ2v) is 7.94. The molecular weight excluding hydrogens is 406 g/mol. The number of aromatic hydroxyl groups is 1. The molecule has 162 valence electrons. The number of fused-ring (bicyclic) bond motifs is 3. The predicted molar refractivity (Wildman–Crippen MR) is 123 cm³/mol. The average molecular weight is 429 g/mol. The Morgan fingerprint density at radius 3 is 2.47 bits per heavy atom. The van der Waals surface area contributed by atoms with Gasteiger partial charge in [0.1, 0.15) is 5.75 Å². The van der Waals surface area contributed by atoms with Gasteiger partial charge in [0.2, 0.25) is 5.78 Å². The van der Waals surface area contributed by atoms with Crippen LogP contribution in [-0.2, 0) is 20.0 Å². The summed E-state index contributed by atoms with van der Waals surface area (Å²) in [5.74, 6) is 0.570. The second-order valence-electron chi connectivity index (χ2n) is 7.94. The lowest BCUT2D eigenvalue weighted by atomic mass is 10.1. The normalized spacial score (nSPS) is 11.6. The van der Waals surface area contributed by atoms with Crippen molar-refractivity contribution in [2.45, 2.75) is 26.3 Å². The number of hydrogen-bond donors (Lipinski definition) is 1. The molecule has 0 spiro atoms. The summed E-state index contributed by atoms with van der Waals surface area (Å²) in [6, 6.07) is 16.9. The molecular formula is C24H23N5O3. The maximum atomic E-state index is 13.4. The maximum Gasteiger partial charge on any atom is 0.332 e. The van der Waals surface area contributed by atoms with Crippen LogP contribution in [-0.4, -0.2) is 28.2 Å². The van der Waals surface area contributed by atoms with Gasteiger partial charge in [-0.05, 0) is 37.5 Å². The quantitative estimate of drug-likeness (QED) is 0.466. The summed E-state index contributed by atoms with van der Waals surface area (Å²) in [6.07, 6.45) is 3.25. The number of benzene rings is 2. The number of phenols is 1. The summed E-state index contributed by atoms with van der Waals surface area (Å²) < 4.78 is 6.17. The lowest BCUT2D eigenvalue weighted by Crippen LogP contribution is -2.39. The number of aryl methyl sites for hydroxylation is 3. The van der Waals surface area contributed by atoms with Crippen LogP contribution in [0.5, 0.6) is 5.75 Å². The minimum atomic E-state index is -0.387.